The summed E-state index contributed by atoms with van der Waals surface area (Å²) in [4.78, 5) is 4.77. The predicted molar refractivity (Wildman–Crippen MR) is 56.1 cm³/mol. The minimum absolute atomic E-state index is 0.454. The fraction of sp³-hybridized carbons (Fsp3) is 0.455. The highest BCUT2D eigenvalue weighted by Crippen LogP contribution is 2.35. The van der Waals surface area contributed by atoms with Gasteiger partial charge in [0.05, 0.1) is 7.11 Å². The molecule has 0 unspecified atom stereocenters. The lowest BCUT2D eigenvalue weighted by molar-refractivity contribution is 0.0848. The van der Waals surface area contributed by atoms with Crippen LogP contribution in [-0.2, 0) is 18.1 Å². The molecule has 16 heavy (non-hydrogen) atoms. The molecule has 1 aliphatic rings. The predicted octanol–water partition coefficient (Wildman–Crippen LogP) is 1.58. The first-order chi connectivity index (χ1) is 7.85. The average molecular weight is 227 g/mol. The average Bonchev–Trinajstić information content (AvgIpc) is 2.35. The van der Waals surface area contributed by atoms with Gasteiger partial charge in [0, 0.05) is 12.1 Å². The van der Waals surface area contributed by atoms with Crippen LogP contribution in [0.1, 0.15) is 11.1 Å². The molecule has 0 saturated carbocycles. The van der Waals surface area contributed by atoms with Gasteiger partial charge in [-0.1, -0.05) is 0 Å². The van der Waals surface area contributed by atoms with Gasteiger partial charge in [-0.3, -0.25) is 0 Å². The highest BCUT2D eigenvalue weighted by Gasteiger charge is 2.17. The molecule has 0 radical (unpaired) electrons. The van der Waals surface area contributed by atoms with Crippen LogP contribution in [0.3, 0.4) is 0 Å². The van der Waals surface area contributed by atoms with Crippen LogP contribution in [0.4, 0.5) is 4.39 Å². The van der Waals surface area contributed by atoms with Gasteiger partial charge in [0.15, 0.2) is 11.5 Å². The number of fused-ring (bicyclic) bond motifs is 1. The maximum absolute atomic E-state index is 12.6. The molecule has 0 saturated heterocycles. The number of nitrogens with one attached hydrogen (secondary N) is 1. The van der Waals surface area contributed by atoms with Crippen molar-refractivity contribution < 1.29 is 18.7 Å². The van der Waals surface area contributed by atoms with Crippen LogP contribution >= 0.6 is 0 Å². The molecule has 5 heteroatoms. The van der Waals surface area contributed by atoms with Gasteiger partial charge in [-0.25, -0.2) is 4.39 Å². The maximum atomic E-state index is 12.6. The first-order valence-electron chi connectivity index (χ1n) is 5.08. The normalized spacial score (nSPS) is 13.9. The summed E-state index contributed by atoms with van der Waals surface area (Å²) in [5.41, 5.74) is 4.13. The molecule has 4 nitrogen and oxygen atoms in total. The van der Waals surface area contributed by atoms with Crippen LogP contribution in [0.15, 0.2) is 12.1 Å². The number of halogens is 1. The number of hydrogen-bond acceptors (Lipinski definition) is 4. The summed E-state index contributed by atoms with van der Waals surface area (Å²) in [6, 6.07) is 3.42. The summed E-state index contributed by atoms with van der Waals surface area (Å²) in [5, 5.41) is 0. The molecule has 0 bridgehead atoms. The SMILES string of the molecule is CONCc1cc(CF)cc2c1OCCO2. The number of hydroxylamine groups is 1. The lowest BCUT2D eigenvalue weighted by Gasteiger charge is -2.22. The Hall–Kier alpha value is -1.33. The van der Waals surface area contributed by atoms with Gasteiger partial charge in [0.2, 0.25) is 0 Å². The molecule has 88 valence electrons. The molecular weight excluding hydrogens is 213 g/mol. The second-order valence-electron chi connectivity index (χ2n) is 3.44. The van der Waals surface area contributed by atoms with E-state index in [9.17, 15) is 4.39 Å². The number of hydrogen-bond donors (Lipinski definition) is 1. The van der Waals surface area contributed by atoms with Crippen molar-refractivity contribution in [1.82, 2.24) is 5.48 Å². The van der Waals surface area contributed by atoms with E-state index in [1.54, 1.807) is 12.1 Å². The van der Waals surface area contributed by atoms with Gasteiger partial charge in [0.25, 0.3) is 0 Å². The molecule has 1 aromatic rings. The Balaban J connectivity index is 2.31. The third-order valence-corrected chi connectivity index (χ3v) is 2.34. The molecule has 0 fully saturated rings. The molecule has 1 N–H and O–H groups in total. The Morgan fingerprint density at radius 3 is 2.94 bits per heavy atom. The van der Waals surface area contributed by atoms with E-state index >= 15 is 0 Å². The Bertz CT molecular complexity index is 370. The van der Waals surface area contributed by atoms with Crippen molar-refractivity contribution in [1.29, 1.82) is 0 Å². The molecule has 1 aromatic carbocycles. The van der Waals surface area contributed by atoms with Gasteiger partial charge in [-0.2, -0.15) is 5.48 Å². The van der Waals surface area contributed by atoms with E-state index in [0.717, 1.165) is 5.56 Å². The number of alkyl halides is 1. The molecule has 0 atom stereocenters. The first kappa shape index (κ1) is 11.2. The lowest BCUT2D eigenvalue weighted by Crippen LogP contribution is -2.19. The van der Waals surface area contributed by atoms with Crippen molar-refractivity contribution in [2.75, 3.05) is 20.3 Å². The third kappa shape index (κ3) is 2.25. The van der Waals surface area contributed by atoms with Crippen molar-refractivity contribution in [2.24, 2.45) is 0 Å². The second-order valence-corrected chi connectivity index (χ2v) is 3.44. The monoisotopic (exact) mass is 227 g/mol. The fourth-order valence-electron chi connectivity index (χ4n) is 1.65. The standard InChI is InChI=1S/C11H14FNO3/c1-14-13-7-9-4-8(6-12)5-10-11(9)16-3-2-15-10/h4-5,13H,2-3,6-7H2,1H3. The second kappa shape index (κ2) is 5.14. The van der Waals surface area contributed by atoms with Crippen molar-refractivity contribution in [3.63, 3.8) is 0 Å². The molecule has 0 amide bonds. The first-order valence-corrected chi connectivity index (χ1v) is 5.08. The van der Waals surface area contributed by atoms with E-state index in [0.29, 0.717) is 36.8 Å². The molecule has 0 spiro atoms. The number of benzene rings is 1. The molecule has 0 aliphatic carbocycles. The summed E-state index contributed by atoms with van der Waals surface area (Å²) in [5.74, 6) is 1.28. The van der Waals surface area contributed by atoms with Crippen molar-refractivity contribution in [3.8, 4) is 11.5 Å². The zero-order valence-corrected chi connectivity index (χ0v) is 9.09. The van der Waals surface area contributed by atoms with Crippen LogP contribution in [-0.4, -0.2) is 20.3 Å². The van der Waals surface area contributed by atoms with Crippen LogP contribution in [0.25, 0.3) is 0 Å². The van der Waals surface area contributed by atoms with Crippen molar-refractivity contribution in [2.45, 2.75) is 13.2 Å². The van der Waals surface area contributed by atoms with E-state index in [-0.39, 0.29) is 0 Å². The van der Waals surface area contributed by atoms with E-state index in [1.165, 1.54) is 7.11 Å². The molecule has 1 aliphatic heterocycles. The number of ether oxygens (including phenoxy) is 2. The minimum Gasteiger partial charge on any atom is -0.486 e. The zero-order chi connectivity index (χ0) is 11.4. The summed E-state index contributed by atoms with van der Waals surface area (Å²) >= 11 is 0. The molecule has 0 aromatic heterocycles. The van der Waals surface area contributed by atoms with Gasteiger partial charge in [-0.05, 0) is 17.7 Å². The van der Waals surface area contributed by atoms with Gasteiger partial charge < -0.3 is 14.3 Å². The fourth-order valence-corrected chi connectivity index (χ4v) is 1.65. The summed E-state index contributed by atoms with van der Waals surface area (Å²) in [7, 11) is 1.53. The van der Waals surface area contributed by atoms with Crippen molar-refractivity contribution >= 4 is 0 Å². The van der Waals surface area contributed by atoms with Crippen LogP contribution in [0.2, 0.25) is 0 Å². The zero-order valence-electron chi connectivity index (χ0n) is 9.09. The highest BCUT2D eigenvalue weighted by atomic mass is 19.1. The van der Waals surface area contributed by atoms with Gasteiger partial charge >= 0.3 is 0 Å². The lowest BCUT2D eigenvalue weighted by atomic mass is 10.1. The van der Waals surface area contributed by atoms with E-state index in [4.69, 9.17) is 14.3 Å². The van der Waals surface area contributed by atoms with Crippen molar-refractivity contribution in [3.05, 3.63) is 23.3 Å². The smallest absolute Gasteiger partial charge is 0.165 e. The summed E-state index contributed by atoms with van der Waals surface area (Å²) in [6.07, 6.45) is 0. The Kier molecular flexibility index (Phi) is 3.58. The molecular formula is C11H14FNO3. The largest absolute Gasteiger partial charge is 0.486 e. The van der Waals surface area contributed by atoms with Crippen LogP contribution in [0, 0.1) is 0 Å². The van der Waals surface area contributed by atoms with E-state index in [1.807, 2.05) is 0 Å². The molecule has 1 heterocycles. The Morgan fingerprint density at radius 2 is 2.19 bits per heavy atom. The minimum atomic E-state index is -0.517. The topological polar surface area (TPSA) is 39.7 Å². The molecule has 2 rings (SSSR count). The van der Waals surface area contributed by atoms with Crippen LogP contribution in [0.5, 0.6) is 11.5 Å². The van der Waals surface area contributed by atoms with E-state index in [2.05, 4.69) is 5.48 Å². The Morgan fingerprint density at radius 1 is 1.38 bits per heavy atom. The van der Waals surface area contributed by atoms with Crippen LogP contribution < -0.4 is 15.0 Å². The Labute approximate surface area is 93.3 Å². The maximum Gasteiger partial charge on any atom is 0.165 e. The quantitative estimate of drug-likeness (QED) is 0.793. The highest BCUT2D eigenvalue weighted by molar-refractivity contribution is 5.50. The summed E-state index contributed by atoms with van der Waals surface area (Å²) in [6.45, 7) is 0.953. The summed E-state index contributed by atoms with van der Waals surface area (Å²) < 4.78 is 23.6. The van der Waals surface area contributed by atoms with Gasteiger partial charge in [0.1, 0.15) is 19.9 Å². The van der Waals surface area contributed by atoms with Gasteiger partial charge in [-0.15, -0.1) is 0 Å². The third-order valence-electron chi connectivity index (χ3n) is 2.34. The number of rotatable bonds is 4. The van der Waals surface area contributed by atoms with E-state index < -0.39 is 6.67 Å².